The van der Waals surface area contributed by atoms with Gasteiger partial charge in [-0.1, -0.05) is 13.3 Å². The van der Waals surface area contributed by atoms with Gasteiger partial charge in [-0.05, 0) is 48.0 Å². The molecule has 0 spiro atoms. The van der Waals surface area contributed by atoms with Gasteiger partial charge in [0, 0.05) is 13.1 Å². The number of aryl methyl sites for hydroxylation is 1. The Morgan fingerprint density at radius 3 is 2.05 bits per heavy atom. The molecule has 2 heterocycles. The van der Waals surface area contributed by atoms with Gasteiger partial charge in [-0.15, -0.1) is 11.3 Å². The van der Waals surface area contributed by atoms with E-state index in [-0.39, 0.29) is 18.3 Å². The molecule has 0 bridgehead atoms. The van der Waals surface area contributed by atoms with Gasteiger partial charge in [-0.25, -0.2) is 4.98 Å². The first-order chi connectivity index (χ1) is 10.3. The Kier molecular flexibility index (Phi) is 5.25. The van der Waals surface area contributed by atoms with Crippen molar-refractivity contribution in [2.75, 3.05) is 18.0 Å². The third kappa shape index (κ3) is 3.19. The van der Waals surface area contributed by atoms with Gasteiger partial charge in [0.2, 0.25) is 0 Å². The molecule has 124 valence electrons. The Labute approximate surface area is 139 Å². The van der Waals surface area contributed by atoms with Gasteiger partial charge in [0.1, 0.15) is 0 Å². The van der Waals surface area contributed by atoms with Crippen LogP contribution in [0.5, 0.6) is 0 Å². The largest absolute Gasteiger partial charge is 0.507 e. The first kappa shape index (κ1) is 17.8. The molecular weight excluding hydrogens is 295 g/mol. The summed E-state index contributed by atoms with van der Waals surface area (Å²) < 4.78 is 13.6. The van der Waals surface area contributed by atoms with Gasteiger partial charge < -0.3 is 14.2 Å². The average molecular weight is 324 g/mol. The van der Waals surface area contributed by atoms with Crippen LogP contribution in [0.15, 0.2) is 0 Å². The minimum absolute atomic E-state index is 0.298. The molecule has 22 heavy (non-hydrogen) atoms. The summed E-state index contributed by atoms with van der Waals surface area (Å²) in [7, 11) is -0.298. The Hall–Kier alpha value is -0.585. The van der Waals surface area contributed by atoms with Crippen molar-refractivity contribution in [2.24, 2.45) is 0 Å². The highest BCUT2D eigenvalue weighted by Gasteiger charge is 2.53. The predicted molar refractivity (Wildman–Crippen MR) is 95.4 cm³/mol. The van der Waals surface area contributed by atoms with Gasteiger partial charge in [-0.2, -0.15) is 0 Å². The highest BCUT2D eigenvalue weighted by Crippen LogP contribution is 2.37. The molecule has 1 aliphatic rings. The molecule has 0 aliphatic carbocycles. The van der Waals surface area contributed by atoms with Crippen molar-refractivity contribution < 1.29 is 9.31 Å². The molecule has 0 aromatic carbocycles. The number of hydrogen-bond donors (Lipinski definition) is 0. The van der Waals surface area contributed by atoms with E-state index >= 15 is 0 Å². The van der Waals surface area contributed by atoms with E-state index in [1.165, 1.54) is 0 Å². The molecule has 1 saturated heterocycles. The fourth-order valence-corrected chi connectivity index (χ4v) is 3.73. The maximum Gasteiger partial charge on any atom is 0.507 e. The maximum atomic E-state index is 6.23. The van der Waals surface area contributed by atoms with Crippen molar-refractivity contribution in [1.29, 1.82) is 0 Å². The first-order valence-corrected chi connectivity index (χ1v) is 9.17. The molecule has 4 nitrogen and oxygen atoms in total. The smallest absolute Gasteiger partial charge is 0.399 e. The molecule has 2 rings (SSSR count). The summed E-state index contributed by atoms with van der Waals surface area (Å²) in [4.78, 5) is 7.16. The Balaban J connectivity index is 2.34. The van der Waals surface area contributed by atoms with Crippen LogP contribution in [-0.2, 0) is 15.7 Å². The molecule has 1 fully saturated rings. The van der Waals surface area contributed by atoms with E-state index in [1.54, 1.807) is 11.3 Å². The Bertz CT molecular complexity index is 496. The summed E-state index contributed by atoms with van der Waals surface area (Å²) in [5.74, 6) is 0. The molecule has 0 N–H and O–H groups in total. The van der Waals surface area contributed by atoms with Crippen LogP contribution < -0.4 is 9.68 Å². The van der Waals surface area contributed by atoms with Gasteiger partial charge >= 0.3 is 7.12 Å². The van der Waals surface area contributed by atoms with Crippen LogP contribution >= 0.6 is 11.3 Å². The maximum absolute atomic E-state index is 6.23. The molecule has 0 unspecified atom stereocenters. The highest BCUT2D eigenvalue weighted by atomic mass is 32.1. The molecule has 0 saturated carbocycles. The third-order valence-corrected chi connectivity index (χ3v) is 5.88. The Morgan fingerprint density at radius 1 is 1.05 bits per heavy atom. The minimum atomic E-state index is -0.305. The van der Waals surface area contributed by atoms with Crippen molar-refractivity contribution in [3.05, 3.63) is 5.69 Å². The summed E-state index contributed by atoms with van der Waals surface area (Å²) in [6.07, 6.45) is 2.05. The van der Waals surface area contributed by atoms with E-state index in [4.69, 9.17) is 14.3 Å². The zero-order chi connectivity index (χ0) is 16.5. The van der Waals surface area contributed by atoms with Crippen molar-refractivity contribution >= 4 is 28.4 Å². The normalized spacial score (nSPS) is 19.7. The molecule has 6 heteroatoms. The zero-order valence-corrected chi connectivity index (χ0v) is 15.8. The first-order valence-electron chi connectivity index (χ1n) is 8.35. The quantitative estimate of drug-likeness (QED) is 0.753. The van der Waals surface area contributed by atoms with E-state index in [0.29, 0.717) is 0 Å². The van der Waals surface area contributed by atoms with Gasteiger partial charge in [-0.3, -0.25) is 0 Å². The summed E-state index contributed by atoms with van der Waals surface area (Å²) in [5, 5.41) is 1.08. The number of thiazole rings is 1. The van der Waals surface area contributed by atoms with Gasteiger partial charge in [0.05, 0.1) is 21.7 Å². The van der Waals surface area contributed by atoms with Crippen LogP contribution in [0.2, 0.25) is 0 Å². The van der Waals surface area contributed by atoms with Gasteiger partial charge in [0.15, 0.2) is 5.13 Å². The van der Waals surface area contributed by atoms with E-state index in [9.17, 15) is 0 Å². The second-order valence-corrected chi connectivity index (χ2v) is 7.83. The highest BCUT2D eigenvalue weighted by molar-refractivity contribution is 7.25. The predicted octanol–water partition coefficient (Wildman–Crippen LogP) is 3.24. The van der Waals surface area contributed by atoms with E-state index < -0.39 is 0 Å². The summed E-state index contributed by atoms with van der Waals surface area (Å²) in [6, 6.07) is 0. The SMILES string of the molecule is CCCc1nc(N(CC)CC)sc1B1OC(C)(C)C(C)(C)O1. The second kappa shape index (κ2) is 6.50. The lowest BCUT2D eigenvalue weighted by Gasteiger charge is -2.32. The minimum Gasteiger partial charge on any atom is -0.399 e. The van der Waals surface area contributed by atoms with Crippen LogP contribution in [0.25, 0.3) is 0 Å². The number of aromatic nitrogens is 1. The van der Waals surface area contributed by atoms with Crippen molar-refractivity contribution in [3.63, 3.8) is 0 Å². The fourth-order valence-electron chi connectivity index (χ4n) is 2.53. The van der Waals surface area contributed by atoms with Crippen molar-refractivity contribution in [3.8, 4) is 0 Å². The van der Waals surface area contributed by atoms with Crippen LogP contribution in [0.1, 0.15) is 60.6 Å². The van der Waals surface area contributed by atoms with Crippen LogP contribution in [0.3, 0.4) is 0 Å². The average Bonchev–Trinajstić information content (AvgIpc) is 2.91. The van der Waals surface area contributed by atoms with E-state index in [1.807, 2.05) is 0 Å². The molecule has 1 aromatic heterocycles. The number of nitrogens with zero attached hydrogens (tertiary/aromatic N) is 2. The van der Waals surface area contributed by atoms with Crippen LogP contribution in [0.4, 0.5) is 5.13 Å². The molecule has 1 aliphatic heterocycles. The summed E-state index contributed by atoms with van der Waals surface area (Å²) in [6.45, 7) is 16.8. The number of hydrogen-bond acceptors (Lipinski definition) is 5. The van der Waals surface area contributed by atoms with Crippen molar-refractivity contribution in [1.82, 2.24) is 4.98 Å². The lowest BCUT2D eigenvalue weighted by Crippen LogP contribution is -2.41. The third-order valence-electron chi connectivity index (χ3n) is 4.70. The fraction of sp³-hybridized carbons (Fsp3) is 0.812. The zero-order valence-electron chi connectivity index (χ0n) is 15.0. The Morgan fingerprint density at radius 2 is 1.59 bits per heavy atom. The monoisotopic (exact) mass is 324 g/mol. The van der Waals surface area contributed by atoms with Crippen LogP contribution in [-0.4, -0.2) is 36.4 Å². The van der Waals surface area contributed by atoms with E-state index in [0.717, 1.165) is 41.5 Å². The van der Waals surface area contributed by atoms with E-state index in [2.05, 4.69) is 53.4 Å². The topological polar surface area (TPSA) is 34.6 Å². The molecule has 0 radical (unpaired) electrons. The molecule has 0 amide bonds. The number of anilines is 1. The number of rotatable bonds is 6. The second-order valence-electron chi connectivity index (χ2n) is 6.82. The van der Waals surface area contributed by atoms with Crippen molar-refractivity contribution in [2.45, 2.75) is 72.5 Å². The lowest BCUT2D eigenvalue weighted by molar-refractivity contribution is 0.00578. The van der Waals surface area contributed by atoms with Gasteiger partial charge in [0.25, 0.3) is 0 Å². The molecule has 1 aromatic rings. The summed E-state index contributed by atoms with van der Waals surface area (Å²) >= 11 is 1.72. The summed E-state index contributed by atoms with van der Waals surface area (Å²) in [5.41, 5.74) is 0.522. The molecule has 0 atom stereocenters. The molecular formula is C16H29BN2O2S. The lowest BCUT2D eigenvalue weighted by atomic mass is 9.85. The standard InChI is InChI=1S/C16H29BN2O2S/c1-8-11-12-13(22-14(18-12)19(9-2)10-3)17-20-15(4,5)16(6,7)21-17/h8-11H2,1-7H3. The van der Waals surface area contributed by atoms with Crippen LogP contribution in [0, 0.1) is 0 Å².